The molecule has 0 saturated carbocycles. The lowest BCUT2D eigenvalue weighted by molar-refractivity contribution is -0.140. The highest BCUT2D eigenvalue weighted by Gasteiger charge is 2.53. The first-order valence-corrected chi connectivity index (χ1v) is 7.94. The van der Waals surface area contributed by atoms with Crippen LogP contribution in [0.1, 0.15) is 26.3 Å². The van der Waals surface area contributed by atoms with Crippen molar-refractivity contribution in [1.82, 2.24) is 4.90 Å². The monoisotopic (exact) mass is 334 g/mol. The van der Waals surface area contributed by atoms with E-state index in [1.807, 2.05) is 0 Å². The maximum absolute atomic E-state index is 14.6. The van der Waals surface area contributed by atoms with Gasteiger partial charge in [0.15, 0.2) is 5.96 Å². The standard InChI is InChI=1S/C17H23FN4O2/c1-16(2)14(23)22(4)15(19)21-17(16,3)12-7-10(5-6-13(12)18)20-11-8-24-9-11/h5-7,11,20H,8-9H2,1-4H3,(H2,19,21). The minimum Gasteiger partial charge on any atom is -0.378 e. The topological polar surface area (TPSA) is 80.0 Å². The Balaban J connectivity index is 2.08. The molecule has 1 aromatic carbocycles. The molecule has 24 heavy (non-hydrogen) atoms. The fraction of sp³-hybridized carbons (Fsp3) is 0.529. The van der Waals surface area contributed by atoms with Crippen molar-refractivity contribution in [3.05, 3.63) is 29.6 Å². The summed E-state index contributed by atoms with van der Waals surface area (Å²) in [6.45, 7) is 6.54. The van der Waals surface area contributed by atoms with Crippen LogP contribution >= 0.6 is 0 Å². The molecule has 0 spiro atoms. The Morgan fingerprint density at radius 2 is 2.04 bits per heavy atom. The summed E-state index contributed by atoms with van der Waals surface area (Å²) in [6.07, 6.45) is 0. The lowest BCUT2D eigenvalue weighted by Gasteiger charge is -2.46. The Morgan fingerprint density at radius 1 is 1.38 bits per heavy atom. The van der Waals surface area contributed by atoms with Crippen LogP contribution in [-0.4, -0.2) is 43.1 Å². The van der Waals surface area contributed by atoms with Crippen LogP contribution in [0, 0.1) is 11.2 Å². The zero-order valence-corrected chi connectivity index (χ0v) is 14.4. The lowest BCUT2D eigenvalue weighted by atomic mass is 9.67. The third-order valence-electron chi connectivity index (χ3n) is 5.24. The summed E-state index contributed by atoms with van der Waals surface area (Å²) in [7, 11) is 1.58. The Labute approximate surface area is 140 Å². The van der Waals surface area contributed by atoms with Gasteiger partial charge in [0.05, 0.1) is 24.7 Å². The minimum absolute atomic E-state index is 0.0898. The van der Waals surface area contributed by atoms with E-state index in [1.165, 1.54) is 11.0 Å². The molecule has 1 aromatic rings. The summed E-state index contributed by atoms with van der Waals surface area (Å²) in [5, 5.41) is 3.29. The summed E-state index contributed by atoms with van der Waals surface area (Å²) >= 11 is 0. The molecule has 3 rings (SSSR count). The van der Waals surface area contributed by atoms with Gasteiger partial charge in [0.1, 0.15) is 11.4 Å². The van der Waals surface area contributed by atoms with Crippen LogP contribution in [0.15, 0.2) is 23.2 Å². The molecular weight excluding hydrogens is 311 g/mol. The van der Waals surface area contributed by atoms with Gasteiger partial charge in [0.25, 0.3) is 0 Å². The van der Waals surface area contributed by atoms with E-state index in [2.05, 4.69) is 10.3 Å². The molecule has 7 heteroatoms. The summed E-state index contributed by atoms with van der Waals surface area (Å²) in [6, 6.07) is 5.01. The number of nitrogens with one attached hydrogen (secondary N) is 1. The van der Waals surface area contributed by atoms with Crippen molar-refractivity contribution in [3.8, 4) is 0 Å². The molecule has 1 fully saturated rings. The van der Waals surface area contributed by atoms with Gasteiger partial charge < -0.3 is 15.8 Å². The lowest BCUT2D eigenvalue weighted by Crippen LogP contribution is -2.58. The zero-order valence-electron chi connectivity index (χ0n) is 14.4. The summed E-state index contributed by atoms with van der Waals surface area (Å²) in [5.74, 6) is -0.510. The normalized spacial score (nSPS) is 26.8. The second-order valence-corrected chi connectivity index (χ2v) is 7.10. The summed E-state index contributed by atoms with van der Waals surface area (Å²) in [4.78, 5) is 18.5. The van der Waals surface area contributed by atoms with Crippen molar-refractivity contribution in [2.45, 2.75) is 32.4 Å². The van der Waals surface area contributed by atoms with Crippen molar-refractivity contribution in [2.75, 3.05) is 25.6 Å². The molecule has 1 saturated heterocycles. The van der Waals surface area contributed by atoms with E-state index in [0.717, 1.165) is 5.69 Å². The smallest absolute Gasteiger partial charge is 0.237 e. The van der Waals surface area contributed by atoms with Gasteiger partial charge in [-0.2, -0.15) is 0 Å². The highest BCUT2D eigenvalue weighted by Crippen LogP contribution is 2.47. The molecule has 0 aliphatic carbocycles. The van der Waals surface area contributed by atoms with Gasteiger partial charge in [-0.15, -0.1) is 0 Å². The number of rotatable bonds is 3. The third kappa shape index (κ3) is 2.34. The number of guanidine groups is 1. The fourth-order valence-electron chi connectivity index (χ4n) is 3.12. The molecule has 0 aromatic heterocycles. The first-order chi connectivity index (χ1) is 11.2. The van der Waals surface area contributed by atoms with E-state index < -0.39 is 16.8 Å². The highest BCUT2D eigenvalue weighted by atomic mass is 19.1. The quantitative estimate of drug-likeness (QED) is 0.881. The molecule has 2 aliphatic heterocycles. The number of carbonyl (C=O) groups is 1. The predicted octanol–water partition coefficient (Wildman–Crippen LogP) is 1.66. The number of aliphatic imine (C=N–C) groups is 1. The Kier molecular flexibility index (Phi) is 3.79. The highest BCUT2D eigenvalue weighted by molar-refractivity contribution is 6.01. The SMILES string of the molecule is CN1C(=O)C(C)(C)C(C)(c2cc(NC3COC3)ccc2F)N=C1N. The van der Waals surface area contributed by atoms with Gasteiger partial charge in [0, 0.05) is 18.3 Å². The van der Waals surface area contributed by atoms with E-state index in [-0.39, 0.29) is 17.9 Å². The van der Waals surface area contributed by atoms with Crippen molar-refractivity contribution < 1.29 is 13.9 Å². The Bertz CT molecular complexity index is 715. The average molecular weight is 334 g/mol. The van der Waals surface area contributed by atoms with E-state index in [1.54, 1.807) is 40.0 Å². The average Bonchev–Trinajstić information content (AvgIpc) is 2.49. The number of halogens is 1. The van der Waals surface area contributed by atoms with Gasteiger partial charge in [-0.1, -0.05) is 0 Å². The second kappa shape index (κ2) is 5.44. The number of hydrogen-bond acceptors (Lipinski definition) is 5. The minimum atomic E-state index is -1.10. The van der Waals surface area contributed by atoms with Crippen LogP contribution in [0.25, 0.3) is 0 Å². The van der Waals surface area contributed by atoms with E-state index in [0.29, 0.717) is 18.8 Å². The van der Waals surface area contributed by atoms with Crippen molar-refractivity contribution >= 4 is 17.6 Å². The van der Waals surface area contributed by atoms with Crippen molar-refractivity contribution in [1.29, 1.82) is 0 Å². The first kappa shape index (κ1) is 16.7. The summed E-state index contributed by atoms with van der Waals surface area (Å²) < 4.78 is 19.8. The van der Waals surface area contributed by atoms with Gasteiger partial charge in [0.2, 0.25) is 5.91 Å². The number of anilines is 1. The zero-order chi connectivity index (χ0) is 17.7. The summed E-state index contributed by atoms with van der Waals surface area (Å²) in [5.41, 5.74) is 4.99. The molecule has 1 atom stereocenters. The molecule has 1 unspecified atom stereocenters. The van der Waals surface area contributed by atoms with Crippen LogP contribution in [0.2, 0.25) is 0 Å². The van der Waals surface area contributed by atoms with Gasteiger partial charge >= 0.3 is 0 Å². The molecule has 1 amide bonds. The van der Waals surface area contributed by atoms with Crippen LogP contribution < -0.4 is 11.1 Å². The molecule has 3 N–H and O–H groups in total. The largest absolute Gasteiger partial charge is 0.378 e. The molecule has 130 valence electrons. The first-order valence-electron chi connectivity index (χ1n) is 7.94. The molecule has 6 nitrogen and oxygen atoms in total. The van der Waals surface area contributed by atoms with E-state index in [9.17, 15) is 9.18 Å². The fourth-order valence-corrected chi connectivity index (χ4v) is 3.12. The third-order valence-corrected chi connectivity index (χ3v) is 5.24. The van der Waals surface area contributed by atoms with Crippen molar-refractivity contribution in [3.63, 3.8) is 0 Å². The molecule has 2 aliphatic rings. The van der Waals surface area contributed by atoms with Gasteiger partial charge in [-0.3, -0.25) is 9.69 Å². The molecule has 0 bridgehead atoms. The predicted molar refractivity (Wildman–Crippen MR) is 90.2 cm³/mol. The molecule has 2 heterocycles. The second-order valence-electron chi connectivity index (χ2n) is 7.10. The van der Waals surface area contributed by atoms with Gasteiger partial charge in [-0.25, -0.2) is 9.38 Å². The van der Waals surface area contributed by atoms with E-state index in [4.69, 9.17) is 10.5 Å². The Hall–Kier alpha value is -2.15. The van der Waals surface area contributed by atoms with Crippen LogP contribution in [0.4, 0.5) is 10.1 Å². The number of amides is 1. The maximum Gasteiger partial charge on any atom is 0.237 e. The number of benzene rings is 1. The number of hydrogen-bond donors (Lipinski definition) is 2. The van der Waals surface area contributed by atoms with Crippen molar-refractivity contribution in [2.24, 2.45) is 16.1 Å². The number of ether oxygens (including phenoxy) is 1. The number of carbonyl (C=O) groups excluding carboxylic acids is 1. The Morgan fingerprint density at radius 3 is 2.62 bits per heavy atom. The van der Waals surface area contributed by atoms with Crippen LogP contribution in [-0.2, 0) is 15.1 Å². The molecule has 0 radical (unpaired) electrons. The number of nitrogens with two attached hydrogens (primary N) is 1. The molecular formula is C17H23FN4O2. The van der Waals surface area contributed by atoms with Gasteiger partial charge in [-0.05, 0) is 39.0 Å². The number of nitrogens with zero attached hydrogens (tertiary/aromatic N) is 2. The maximum atomic E-state index is 14.6. The van der Waals surface area contributed by atoms with E-state index >= 15 is 0 Å². The van der Waals surface area contributed by atoms with Crippen LogP contribution in [0.5, 0.6) is 0 Å². The van der Waals surface area contributed by atoms with Crippen LogP contribution in [0.3, 0.4) is 0 Å².